The number of aromatic nitrogens is 2. The number of piperidine rings is 1. The summed E-state index contributed by atoms with van der Waals surface area (Å²) < 4.78 is 37.9. The van der Waals surface area contributed by atoms with Gasteiger partial charge in [0.1, 0.15) is 11.5 Å². The van der Waals surface area contributed by atoms with Gasteiger partial charge in [-0.05, 0) is 42.8 Å². The van der Waals surface area contributed by atoms with Gasteiger partial charge in [0, 0.05) is 19.3 Å². The highest BCUT2D eigenvalue weighted by molar-refractivity contribution is 7.18. The Morgan fingerprint density at radius 1 is 1.14 bits per heavy atom. The normalized spacial score (nSPS) is 15.2. The van der Waals surface area contributed by atoms with Crippen molar-refractivity contribution in [1.29, 1.82) is 0 Å². The molecule has 152 valence electrons. The van der Waals surface area contributed by atoms with Crippen LogP contribution in [0.3, 0.4) is 0 Å². The van der Waals surface area contributed by atoms with Crippen molar-refractivity contribution in [2.45, 2.75) is 25.4 Å². The molecule has 1 N–H and O–H groups in total. The molecule has 4 rings (SSSR count). The summed E-state index contributed by atoms with van der Waals surface area (Å²) >= 11 is 3.18. The molecule has 1 saturated heterocycles. The number of halogens is 3. The lowest BCUT2D eigenvalue weighted by atomic mass is 10.1. The predicted octanol–water partition coefficient (Wildman–Crippen LogP) is 5.72. The quantitative estimate of drug-likeness (QED) is 0.410. The number of hydrogen-bond acceptors (Lipinski definition) is 7. The van der Waals surface area contributed by atoms with Gasteiger partial charge in [0.2, 0.25) is 0 Å². The van der Waals surface area contributed by atoms with E-state index in [4.69, 9.17) is 4.98 Å². The van der Waals surface area contributed by atoms with Crippen LogP contribution in [0, 0.1) is 0 Å². The van der Waals surface area contributed by atoms with Crippen LogP contribution in [0.25, 0.3) is 10.6 Å². The fourth-order valence-corrected chi connectivity index (χ4v) is 4.80. The largest absolute Gasteiger partial charge is 0.417 e. The Kier molecular flexibility index (Phi) is 5.81. The molecule has 0 spiro atoms. The van der Waals surface area contributed by atoms with Crippen LogP contribution in [0.1, 0.15) is 29.7 Å². The summed E-state index contributed by atoms with van der Waals surface area (Å²) in [5.74, 6) is 0.243. The minimum absolute atomic E-state index is 0.243. The summed E-state index contributed by atoms with van der Waals surface area (Å²) in [5, 5.41) is 7.15. The fourth-order valence-electron chi connectivity index (χ4n) is 3.00. The summed E-state index contributed by atoms with van der Waals surface area (Å²) in [6, 6.07) is 6.22. The van der Waals surface area contributed by atoms with Crippen LogP contribution in [0.5, 0.6) is 0 Å². The molecule has 0 aromatic carbocycles. The lowest BCUT2D eigenvalue weighted by Gasteiger charge is -2.25. The molecular formula is C19H18F3N5S2. The van der Waals surface area contributed by atoms with E-state index in [0.717, 1.165) is 45.9 Å². The van der Waals surface area contributed by atoms with E-state index >= 15 is 0 Å². The third-order valence-electron chi connectivity index (χ3n) is 4.47. The zero-order chi connectivity index (χ0) is 20.3. The molecule has 0 bridgehead atoms. The molecule has 3 aromatic heterocycles. The van der Waals surface area contributed by atoms with Gasteiger partial charge in [-0.3, -0.25) is 5.43 Å². The molecule has 5 nitrogen and oxygen atoms in total. The smallest absolute Gasteiger partial charge is 0.348 e. The minimum Gasteiger partial charge on any atom is -0.348 e. The monoisotopic (exact) mass is 437 g/mol. The molecule has 1 aliphatic rings. The molecule has 4 heterocycles. The van der Waals surface area contributed by atoms with E-state index in [2.05, 4.69) is 20.4 Å². The Morgan fingerprint density at radius 3 is 2.62 bits per heavy atom. The van der Waals surface area contributed by atoms with E-state index in [-0.39, 0.29) is 5.82 Å². The van der Waals surface area contributed by atoms with E-state index in [0.29, 0.717) is 0 Å². The second-order valence-electron chi connectivity index (χ2n) is 6.53. The summed E-state index contributed by atoms with van der Waals surface area (Å²) in [5.41, 5.74) is 2.77. The Bertz CT molecular complexity index is 959. The molecule has 0 amide bonds. The summed E-state index contributed by atoms with van der Waals surface area (Å²) in [6.45, 7) is 2.00. The molecule has 10 heteroatoms. The van der Waals surface area contributed by atoms with Gasteiger partial charge in [-0.25, -0.2) is 9.97 Å². The van der Waals surface area contributed by atoms with Gasteiger partial charge in [-0.1, -0.05) is 17.4 Å². The highest BCUT2D eigenvalue weighted by atomic mass is 32.1. The number of anilines is 2. The van der Waals surface area contributed by atoms with Crippen molar-refractivity contribution in [2.24, 2.45) is 5.10 Å². The highest BCUT2D eigenvalue weighted by Crippen LogP contribution is 2.35. The predicted molar refractivity (Wildman–Crippen MR) is 112 cm³/mol. The number of hydrazone groups is 1. The van der Waals surface area contributed by atoms with Crippen LogP contribution < -0.4 is 10.3 Å². The fraction of sp³-hybridized carbons (Fsp3) is 0.316. The summed E-state index contributed by atoms with van der Waals surface area (Å²) in [6.07, 6.45) is 1.61. The first-order valence-electron chi connectivity index (χ1n) is 9.13. The van der Waals surface area contributed by atoms with Crippen molar-refractivity contribution in [3.05, 3.63) is 46.3 Å². The van der Waals surface area contributed by atoms with Gasteiger partial charge in [0.25, 0.3) is 0 Å². The van der Waals surface area contributed by atoms with Gasteiger partial charge >= 0.3 is 6.18 Å². The third-order valence-corrected chi connectivity index (χ3v) is 6.40. The Balaban J connectivity index is 1.53. The highest BCUT2D eigenvalue weighted by Gasteiger charge is 2.30. The van der Waals surface area contributed by atoms with Gasteiger partial charge in [-0.15, -0.1) is 11.3 Å². The number of thiazole rings is 1. The van der Waals surface area contributed by atoms with E-state index in [1.54, 1.807) is 28.9 Å². The lowest BCUT2D eigenvalue weighted by Crippen LogP contribution is -2.29. The maximum absolute atomic E-state index is 12.6. The topological polar surface area (TPSA) is 53.4 Å². The van der Waals surface area contributed by atoms with Crippen LogP contribution in [0.15, 0.2) is 40.9 Å². The van der Waals surface area contributed by atoms with Gasteiger partial charge in [0.05, 0.1) is 21.5 Å². The number of alkyl halides is 3. The van der Waals surface area contributed by atoms with Crippen LogP contribution in [0.4, 0.5) is 24.1 Å². The molecule has 1 aliphatic heterocycles. The van der Waals surface area contributed by atoms with Crippen molar-refractivity contribution in [1.82, 2.24) is 9.97 Å². The van der Waals surface area contributed by atoms with Crippen molar-refractivity contribution in [3.63, 3.8) is 0 Å². The zero-order valence-electron chi connectivity index (χ0n) is 15.3. The Morgan fingerprint density at radius 2 is 1.97 bits per heavy atom. The molecule has 0 unspecified atom stereocenters. The first-order chi connectivity index (χ1) is 14.0. The standard InChI is InChI=1S/C19H18F3N5S2/c20-19(21,22)13-6-7-16(23-11-13)26-24-12-15-17(14-5-4-10-28-14)25-18(29-15)27-8-2-1-3-9-27/h4-7,10-12H,1-3,8-9H2,(H,23,26). The van der Waals surface area contributed by atoms with Crippen LogP contribution >= 0.6 is 22.7 Å². The zero-order valence-corrected chi connectivity index (χ0v) is 16.9. The molecule has 0 saturated carbocycles. The second-order valence-corrected chi connectivity index (χ2v) is 8.49. The number of rotatable bonds is 5. The van der Waals surface area contributed by atoms with Crippen LogP contribution in [-0.2, 0) is 6.18 Å². The molecule has 0 atom stereocenters. The van der Waals surface area contributed by atoms with Crippen molar-refractivity contribution in [2.75, 3.05) is 23.4 Å². The maximum Gasteiger partial charge on any atom is 0.417 e. The van der Waals surface area contributed by atoms with Crippen LogP contribution in [0.2, 0.25) is 0 Å². The molecule has 0 radical (unpaired) electrons. The van der Waals surface area contributed by atoms with E-state index < -0.39 is 11.7 Å². The van der Waals surface area contributed by atoms with E-state index in [1.807, 2.05) is 17.5 Å². The summed E-state index contributed by atoms with van der Waals surface area (Å²) in [7, 11) is 0. The summed E-state index contributed by atoms with van der Waals surface area (Å²) in [4.78, 5) is 12.8. The lowest BCUT2D eigenvalue weighted by molar-refractivity contribution is -0.137. The number of nitrogens with one attached hydrogen (secondary N) is 1. The second kappa shape index (κ2) is 8.50. The first-order valence-corrected chi connectivity index (χ1v) is 10.8. The molecular weight excluding hydrogens is 419 g/mol. The Labute approximate surface area is 173 Å². The van der Waals surface area contributed by atoms with E-state index in [9.17, 15) is 13.2 Å². The number of hydrogen-bond donors (Lipinski definition) is 1. The number of thiophene rings is 1. The van der Waals surface area contributed by atoms with Gasteiger partial charge < -0.3 is 4.90 Å². The molecule has 29 heavy (non-hydrogen) atoms. The van der Waals surface area contributed by atoms with Gasteiger partial charge in [-0.2, -0.15) is 18.3 Å². The SMILES string of the molecule is FC(F)(F)c1ccc(NN=Cc2sc(N3CCCCC3)nc2-c2cccs2)nc1. The van der Waals surface area contributed by atoms with Crippen molar-refractivity contribution in [3.8, 4) is 10.6 Å². The average Bonchev–Trinajstić information content (AvgIpc) is 3.38. The number of pyridine rings is 1. The average molecular weight is 438 g/mol. The minimum atomic E-state index is -4.40. The molecule has 3 aromatic rings. The third kappa shape index (κ3) is 4.76. The Hall–Kier alpha value is -2.46. The molecule has 1 fully saturated rings. The first kappa shape index (κ1) is 19.8. The van der Waals surface area contributed by atoms with Crippen molar-refractivity contribution >= 4 is 39.8 Å². The van der Waals surface area contributed by atoms with E-state index in [1.165, 1.54) is 25.3 Å². The van der Waals surface area contributed by atoms with Gasteiger partial charge in [0.15, 0.2) is 5.13 Å². The number of nitrogens with zero attached hydrogens (tertiary/aromatic N) is 4. The van der Waals surface area contributed by atoms with Crippen molar-refractivity contribution < 1.29 is 13.2 Å². The molecule has 0 aliphatic carbocycles. The van der Waals surface area contributed by atoms with Crippen LogP contribution in [-0.4, -0.2) is 29.3 Å². The maximum atomic E-state index is 12.6.